The van der Waals surface area contributed by atoms with Gasteiger partial charge in [0.1, 0.15) is 6.61 Å². The Hall–Kier alpha value is -1.52. The van der Waals surface area contributed by atoms with E-state index in [0.717, 1.165) is 36.5 Å². The van der Waals surface area contributed by atoms with Crippen LogP contribution in [0.5, 0.6) is 11.5 Å². The summed E-state index contributed by atoms with van der Waals surface area (Å²) in [6, 6.07) is 7.27. The van der Waals surface area contributed by atoms with E-state index in [9.17, 15) is 5.11 Å². The number of rotatable bonds is 7. The molecule has 2 saturated heterocycles. The fraction of sp³-hybridized carbons (Fsp3) is 0.600. The Bertz CT molecular complexity index is 572. The molecule has 0 aromatic heterocycles. The maximum Gasteiger partial charge on any atom is 0.161 e. The Morgan fingerprint density at radius 1 is 1.21 bits per heavy atom. The third-order valence-corrected chi connectivity index (χ3v) is 5.01. The van der Waals surface area contributed by atoms with E-state index < -0.39 is 0 Å². The van der Waals surface area contributed by atoms with E-state index in [1.165, 1.54) is 18.4 Å². The quantitative estimate of drug-likeness (QED) is 0.776. The molecule has 0 spiro atoms. The van der Waals surface area contributed by atoms with Crippen molar-refractivity contribution in [3.63, 3.8) is 0 Å². The van der Waals surface area contributed by atoms with Gasteiger partial charge in [-0.15, -0.1) is 0 Å². The van der Waals surface area contributed by atoms with Gasteiger partial charge in [0.15, 0.2) is 11.5 Å². The lowest BCUT2D eigenvalue weighted by atomic mass is 9.99. The van der Waals surface area contributed by atoms with Crippen molar-refractivity contribution in [2.45, 2.75) is 64.3 Å². The van der Waals surface area contributed by atoms with Crippen LogP contribution in [0, 0.1) is 0 Å². The minimum Gasteiger partial charge on any atom is -0.490 e. The molecule has 24 heavy (non-hydrogen) atoms. The second kappa shape index (κ2) is 7.58. The molecule has 2 aliphatic heterocycles. The first-order valence-electron chi connectivity index (χ1n) is 9.03. The lowest BCUT2D eigenvalue weighted by Crippen LogP contribution is -2.44. The van der Waals surface area contributed by atoms with Gasteiger partial charge in [-0.3, -0.25) is 4.90 Å². The molecular formula is C20H29NO3. The van der Waals surface area contributed by atoms with Gasteiger partial charge in [-0.1, -0.05) is 12.6 Å². The van der Waals surface area contributed by atoms with Crippen molar-refractivity contribution in [3.8, 4) is 11.5 Å². The van der Waals surface area contributed by atoms with Crippen LogP contribution < -0.4 is 9.47 Å². The molecule has 2 fully saturated rings. The van der Waals surface area contributed by atoms with Crippen LogP contribution in [0.15, 0.2) is 30.4 Å². The molecular weight excluding hydrogens is 302 g/mol. The highest BCUT2D eigenvalue weighted by molar-refractivity contribution is 5.43. The molecule has 2 heterocycles. The number of aliphatic hydroxyl groups is 1. The zero-order valence-corrected chi connectivity index (χ0v) is 14.8. The normalized spacial score (nSPS) is 26.4. The summed E-state index contributed by atoms with van der Waals surface area (Å²) in [4.78, 5) is 2.56. The van der Waals surface area contributed by atoms with E-state index in [-0.39, 0.29) is 6.10 Å². The highest BCUT2D eigenvalue weighted by Crippen LogP contribution is 2.38. The van der Waals surface area contributed by atoms with Crippen molar-refractivity contribution in [2.75, 3.05) is 13.2 Å². The van der Waals surface area contributed by atoms with Crippen LogP contribution in [0.3, 0.4) is 0 Å². The summed E-state index contributed by atoms with van der Waals surface area (Å²) in [5, 5.41) is 9.96. The predicted molar refractivity (Wildman–Crippen MR) is 95.5 cm³/mol. The highest BCUT2D eigenvalue weighted by atomic mass is 16.5. The van der Waals surface area contributed by atoms with E-state index in [4.69, 9.17) is 9.47 Å². The number of aliphatic hydroxyl groups excluding tert-OH is 1. The Balaban J connectivity index is 1.72. The average Bonchev–Trinajstić information content (AvgIpc) is 2.77. The Morgan fingerprint density at radius 3 is 2.54 bits per heavy atom. The molecule has 3 rings (SSSR count). The van der Waals surface area contributed by atoms with Crippen LogP contribution in [0.1, 0.15) is 45.1 Å². The first-order valence-corrected chi connectivity index (χ1v) is 9.03. The van der Waals surface area contributed by atoms with E-state index in [1.54, 1.807) is 0 Å². The van der Waals surface area contributed by atoms with Crippen molar-refractivity contribution in [1.82, 2.24) is 4.90 Å². The molecule has 2 aliphatic rings. The molecule has 0 amide bonds. The fourth-order valence-corrected chi connectivity index (χ4v) is 3.95. The number of ether oxygens (including phenoxy) is 2. The van der Waals surface area contributed by atoms with Gasteiger partial charge in [0.05, 0.1) is 12.7 Å². The minimum absolute atomic E-state index is 0.115. The summed E-state index contributed by atoms with van der Waals surface area (Å²) in [5.41, 5.74) is 2.24. The van der Waals surface area contributed by atoms with Crippen LogP contribution in [-0.2, 0) is 6.54 Å². The zero-order valence-electron chi connectivity index (χ0n) is 14.8. The summed E-state index contributed by atoms with van der Waals surface area (Å²) in [6.45, 7) is 9.86. The smallest absolute Gasteiger partial charge is 0.161 e. The zero-order chi connectivity index (χ0) is 17.1. The number of fused-ring (bicyclic) bond motifs is 2. The van der Waals surface area contributed by atoms with Crippen LogP contribution >= 0.6 is 0 Å². The lowest BCUT2D eigenvalue weighted by Gasteiger charge is -2.37. The second-order valence-electron chi connectivity index (χ2n) is 7.14. The molecule has 4 heteroatoms. The molecule has 0 saturated carbocycles. The number of piperidine rings is 1. The monoisotopic (exact) mass is 331 g/mol. The van der Waals surface area contributed by atoms with Crippen molar-refractivity contribution in [3.05, 3.63) is 35.9 Å². The van der Waals surface area contributed by atoms with Crippen LogP contribution in [0.2, 0.25) is 0 Å². The fourth-order valence-electron chi connectivity index (χ4n) is 3.95. The van der Waals surface area contributed by atoms with Crippen molar-refractivity contribution in [2.24, 2.45) is 0 Å². The van der Waals surface area contributed by atoms with Crippen molar-refractivity contribution < 1.29 is 14.6 Å². The maximum absolute atomic E-state index is 9.96. The summed E-state index contributed by atoms with van der Waals surface area (Å²) >= 11 is 0. The van der Waals surface area contributed by atoms with Gasteiger partial charge in [-0.2, -0.15) is 0 Å². The molecule has 2 bridgehead atoms. The topological polar surface area (TPSA) is 41.9 Å². The third kappa shape index (κ3) is 3.93. The van der Waals surface area contributed by atoms with Gasteiger partial charge in [0.2, 0.25) is 0 Å². The van der Waals surface area contributed by atoms with Gasteiger partial charge >= 0.3 is 0 Å². The largest absolute Gasteiger partial charge is 0.490 e. The third-order valence-electron chi connectivity index (χ3n) is 5.01. The number of benzene rings is 1. The summed E-state index contributed by atoms with van der Waals surface area (Å²) < 4.78 is 11.6. The standard InChI is InChI=1S/C20H29NO3/c1-4-23-20-9-15(5-8-19(20)24-13-14(2)3)12-21-16-6-7-17(21)11-18(22)10-16/h5,8-9,16-18,22H,2,4,6-7,10-13H2,1,3H3/t16-,17+,18?. The molecule has 4 nitrogen and oxygen atoms in total. The second-order valence-corrected chi connectivity index (χ2v) is 7.14. The van der Waals surface area contributed by atoms with Crippen LogP contribution in [0.4, 0.5) is 0 Å². The number of hydrogen-bond donors (Lipinski definition) is 1. The minimum atomic E-state index is -0.115. The molecule has 3 atom stereocenters. The van der Waals surface area contributed by atoms with Gasteiger partial charge in [-0.25, -0.2) is 0 Å². The molecule has 1 aromatic rings. The maximum atomic E-state index is 9.96. The van der Waals surface area contributed by atoms with E-state index in [0.29, 0.717) is 25.3 Å². The van der Waals surface area contributed by atoms with E-state index in [2.05, 4.69) is 23.6 Å². The SMILES string of the molecule is C=C(C)COc1ccc(CN2[C@@H]3CC[C@H]2CC(O)C3)cc1OCC. The van der Waals surface area contributed by atoms with Gasteiger partial charge < -0.3 is 14.6 Å². The predicted octanol–water partition coefficient (Wildman–Crippen LogP) is 3.53. The first kappa shape index (κ1) is 17.3. The van der Waals surface area contributed by atoms with Gasteiger partial charge in [-0.05, 0) is 62.8 Å². The molecule has 132 valence electrons. The van der Waals surface area contributed by atoms with E-state index in [1.807, 2.05) is 19.9 Å². The molecule has 1 unspecified atom stereocenters. The summed E-state index contributed by atoms with van der Waals surface area (Å²) in [5.74, 6) is 1.58. The van der Waals surface area contributed by atoms with Gasteiger partial charge in [0.25, 0.3) is 0 Å². The van der Waals surface area contributed by atoms with Crippen LogP contribution in [-0.4, -0.2) is 41.4 Å². The Morgan fingerprint density at radius 2 is 1.92 bits per heavy atom. The average molecular weight is 331 g/mol. The van der Waals surface area contributed by atoms with Crippen LogP contribution in [0.25, 0.3) is 0 Å². The lowest BCUT2D eigenvalue weighted by molar-refractivity contribution is 0.0310. The van der Waals surface area contributed by atoms with Crippen molar-refractivity contribution in [1.29, 1.82) is 0 Å². The molecule has 0 radical (unpaired) electrons. The summed E-state index contributed by atoms with van der Waals surface area (Å²) in [7, 11) is 0. The molecule has 1 N–H and O–H groups in total. The number of nitrogens with zero attached hydrogens (tertiary/aromatic N) is 1. The van der Waals surface area contributed by atoms with E-state index >= 15 is 0 Å². The van der Waals surface area contributed by atoms with Gasteiger partial charge in [0, 0.05) is 18.6 Å². The summed E-state index contributed by atoms with van der Waals surface area (Å²) in [6.07, 6.45) is 4.12. The Kier molecular flexibility index (Phi) is 5.47. The highest BCUT2D eigenvalue weighted by Gasteiger charge is 2.39. The molecule has 1 aromatic carbocycles. The molecule has 0 aliphatic carbocycles. The number of hydrogen-bond acceptors (Lipinski definition) is 4. The Labute approximate surface area is 145 Å². The first-order chi connectivity index (χ1) is 11.6. The van der Waals surface area contributed by atoms with Crippen molar-refractivity contribution >= 4 is 0 Å².